The van der Waals surface area contributed by atoms with Gasteiger partial charge in [0, 0.05) is 35.3 Å². The Labute approximate surface area is 113 Å². The number of nitrogens with one attached hydrogen (secondary N) is 2. The van der Waals surface area contributed by atoms with Gasteiger partial charge in [-0.05, 0) is 6.42 Å². The van der Waals surface area contributed by atoms with Crippen LogP contribution in [0.1, 0.15) is 19.8 Å². The van der Waals surface area contributed by atoms with Crippen LogP contribution in [0.25, 0.3) is 0 Å². The summed E-state index contributed by atoms with van der Waals surface area (Å²) >= 11 is 0. The Morgan fingerprint density at radius 3 is 2.37 bits per heavy atom. The van der Waals surface area contributed by atoms with Gasteiger partial charge in [0.15, 0.2) is 0 Å². The Morgan fingerprint density at radius 1 is 1.26 bits per heavy atom. The first-order chi connectivity index (χ1) is 8.86. The molecule has 0 saturated carbocycles. The molecule has 8 nitrogen and oxygen atoms in total. The normalized spacial score (nSPS) is 13.3. The number of rotatable bonds is 9. The lowest BCUT2D eigenvalue weighted by Crippen LogP contribution is -2.47. The van der Waals surface area contributed by atoms with Crippen molar-refractivity contribution in [3.8, 4) is 0 Å². The van der Waals surface area contributed by atoms with Gasteiger partial charge in [0.25, 0.3) is 0 Å². The molecule has 0 aromatic rings. The van der Waals surface area contributed by atoms with Crippen molar-refractivity contribution in [2.75, 3.05) is 18.1 Å². The standard InChI is InChI=1S/C10H18N2O6S/c1-2-19(18)6-5-11-10(17)12-7(9(15)16)3-4-8(13)14/h7H,2-6H2,1H3,(H,13,14)(H,15,16)(H2,11,12,17). The van der Waals surface area contributed by atoms with Crippen LogP contribution in [0.3, 0.4) is 0 Å². The summed E-state index contributed by atoms with van der Waals surface area (Å²) in [6.07, 6.45) is -0.546. The molecule has 0 rings (SSSR count). The lowest BCUT2D eigenvalue weighted by atomic mass is 10.1. The third-order valence-corrected chi connectivity index (χ3v) is 3.49. The average Bonchev–Trinajstić information content (AvgIpc) is 2.33. The van der Waals surface area contributed by atoms with Crippen LogP contribution in [0.5, 0.6) is 0 Å². The van der Waals surface area contributed by atoms with E-state index in [-0.39, 0.29) is 25.1 Å². The molecule has 0 aliphatic carbocycles. The third-order valence-electron chi connectivity index (χ3n) is 2.19. The molecule has 0 fully saturated rings. The van der Waals surface area contributed by atoms with E-state index in [1.807, 2.05) is 0 Å². The van der Waals surface area contributed by atoms with Crippen LogP contribution in [-0.4, -0.2) is 56.5 Å². The fourth-order valence-electron chi connectivity index (χ4n) is 1.16. The van der Waals surface area contributed by atoms with E-state index in [4.69, 9.17) is 10.2 Å². The summed E-state index contributed by atoms with van der Waals surface area (Å²) < 4.78 is 11.1. The summed E-state index contributed by atoms with van der Waals surface area (Å²) in [5.41, 5.74) is 0. The average molecular weight is 294 g/mol. The molecule has 0 aliphatic rings. The van der Waals surface area contributed by atoms with Gasteiger partial charge in [-0.2, -0.15) is 0 Å². The van der Waals surface area contributed by atoms with Crippen molar-refractivity contribution in [3.63, 3.8) is 0 Å². The molecule has 2 unspecified atom stereocenters. The number of hydrogen-bond acceptors (Lipinski definition) is 4. The molecule has 4 N–H and O–H groups in total. The van der Waals surface area contributed by atoms with E-state index in [2.05, 4.69) is 10.6 Å². The molecule has 0 aromatic carbocycles. The zero-order valence-electron chi connectivity index (χ0n) is 10.5. The zero-order valence-corrected chi connectivity index (χ0v) is 11.4. The van der Waals surface area contributed by atoms with Crippen LogP contribution >= 0.6 is 0 Å². The summed E-state index contributed by atoms with van der Waals surface area (Å²) in [6.45, 7) is 1.92. The molecule has 2 atom stereocenters. The largest absolute Gasteiger partial charge is 0.481 e. The van der Waals surface area contributed by atoms with Crippen LogP contribution < -0.4 is 10.6 Å². The van der Waals surface area contributed by atoms with Crippen LogP contribution in [-0.2, 0) is 20.4 Å². The van der Waals surface area contributed by atoms with Crippen LogP contribution in [0, 0.1) is 0 Å². The highest BCUT2D eigenvalue weighted by Gasteiger charge is 2.20. The number of carboxylic acid groups (broad SMARTS) is 2. The minimum absolute atomic E-state index is 0.164. The van der Waals surface area contributed by atoms with E-state index in [1.165, 1.54) is 0 Å². The SMILES string of the molecule is CCS(=O)CCNC(=O)NC(CCC(=O)O)C(=O)O. The van der Waals surface area contributed by atoms with Crippen molar-refractivity contribution >= 4 is 28.8 Å². The number of carboxylic acids is 2. The third kappa shape index (κ3) is 9.00. The van der Waals surface area contributed by atoms with Gasteiger partial charge in [-0.3, -0.25) is 9.00 Å². The lowest BCUT2D eigenvalue weighted by Gasteiger charge is -2.14. The number of amides is 2. The quantitative estimate of drug-likeness (QED) is 0.447. The lowest BCUT2D eigenvalue weighted by molar-refractivity contribution is -0.140. The van der Waals surface area contributed by atoms with Gasteiger partial charge in [0.05, 0.1) is 0 Å². The number of aliphatic carboxylic acids is 2. The van der Waals surface area contributed by atoms with E-state index in [0.717, 1.165) is 0 Å². The van der Waals surface area contributed by atoms with Crippen LogP contribution in [0.15, 0.2) is 0 Å². The first-order valence-electron chi connectivity index (χ1n) is 5.70. The molecule has 2 amide bonds. The Bertz CT molecular complexity index is 360. The molecular formula is C10H18N2O6S. The predicted octanol–water partition coefficient (Wildman–Crippen LogP) is -0.628. The Balaban J connectivity index is 4.06. The zero-order chi connectivity index (χ0) is 14.8. The fourth-order valence-corrected chi connectivity index (χ4v) is 1.78. The van der Waals surface area contributed by atoms with Crippen molar-refractivity contribution in [3.05, 3.63) is 0 Å². The van der Waals surface area contributed by atoms with Gasteiger partial charge in [-0.15, -0.1) is 0 Å². The molecule has 9 heteroatoms. The summed E-state index contributed by atoms with van der Waals surface area (Å²) in [4.78, 5) is 32.5. The maximum atomic E-state index is 11.3. The van der Waals surface area contributed by atoms with Gasteiger partial charge in [0.2, 0.25) is 0 Å². The number of urea groups is 1. The fraction of sp³-hybridized carbons (Fsp3) is 0.700. The maximum Gasteiger partial charge on any atom is 0.326 e. The first-order valence-corrected chi connectivity index (χ1v) is 7.19. The molecule has 0 radical (unpaired) electrons. The van der Waals surface area contributed by atoms with Crippen molar-refractivity contribution in [2.24, 2.45) is 0 Å². The summed E-state index contributed by atoms with van der Waals surface area (Å²) in [5, 5.41) is 21.8. The monoisotopic (exact) mass is 294 g/mol. The molecular weight excluding hydrogens is 276 g/mol. The molecule has 0 heterocycles. The van der Waals surface area contributed by atoms with Crippen molar-refractivity contribution < 1.29 is 28.8 Å². The minimum atomic E-state index is -1.30. The van der Waals surface area contributed by atoms with Gasteiger partial charge < -0.3 is 20.8 Å². The Hall–Kier alpha value is -1.64. The summed E-state index contributed by atoms with van der Waals surface area (Å²) in [6, 6.07) is -1.97. The molecule has 0 bridgehead atoms. The molecule has 110 valence electrons. The van der Waals surface area contributed by atoms with Gasteiger partial charge in [0.1, 0.15) is 6.04 Å². The minimum Gasteiger partial charge on any atom is -0.481 e. The highest BCUT2D eigenvalue weighted by atomic mass is 32.2. The Morgan fingerprint density at radius 2 is 1.89 bits per heavy atom. The van der Waals surface area contributed by atoms with Crippen molar-refractivity contribution in [2.45, 2.75) is 25.8 Å². The predicted molar refractivity (Wildman–Crippen MR) is 68.4 cm³/mol. The number of carbonyl (C=O) groups is 3. The van der Waals surface area contributed by atoms with Crippen molar-refractivity contribution in [1.82, 2.24) is 10.6 Å². The second kappa shape index (κ2) is 9.31. The smallest absolute Gasteiger partial charge is 0.326 e. The van der Waals surface area contributed by atoms with Gasteiger partial charge >= 0.3 is 18.0 Å². The highest BCUT2D eigenvalue weighted by Crippen LogP contribution is 1.97. The molecule has 0 spiro atoms. The molecule has 0 aromatic heterocycles. The summed E-state index contributed by atoms with van der Waals surface area (Å²) in [5.74, 6) is -1.66. The van der Waals surface area contributed by atoms with E-state index in [1.54, 1.807) is 6.92 Å². The van der Waals surface area contributed by atoms with Crippen LogP contribution in [0.2, 0.25) is 0 Å². The second-order valence-electron chi connectivity index (χ2n) is 3.66. The first kappa shape index (κ1) is 17.4. The summed E-state index contributed by atoms with van der Waals surface area (Å²) in [7, 11) is -1.01. The molecule has 0 saturated heterocycles. The van der Waals surface area contributed by atoms with Gasteiger partial charge in [-0.25, -0.2) is 9.59 Å². The molecule has 0 aliphatic heterocycles. The Kier molecular flexibility index (Phi) is 8.51. The number of carbonyl (C=O) groups excluding carboxylic acids is 1. The van der Waals surface area contributed by atoms with Crippen molar-refractivity contribution in [1.29, 1.82) is 0 Å². The highest BCUT2D eigenvalue weighted by molar-refractivity contribution is 7.84. The van der Waals surface area contributed by atoms with Gasteiger partial charge in [-0.1, -0.05) is 6.92 Å². The second-order valence-corrected chi connectivity index (χ2v) is 5.52. The van der Waals surface area contributed by atoms with Crippen LogP contribution in [0.4, 0.5) is 4.79 Å². The van der Waals surface area contributed by atoms with E-state index < -0.39 is 34.8 Å². The number of hydrogen-bond donors (Lipinski definition) is 4. The van der Waals surface area contributed by atoms with E-state index >= 15 is 0 Å². The maximum absolute atomic E-state index is 11.3. The molecule has 19 heavy (non-hydrogen) atoms. The topological polar surface area (TPSA) is 133 Å². The van der Waals surface area contributed by atoms with E-state index in [9.17, 15) is 18.6 Å². The van der Waals surface area contributed by atoms with E-state index in [0.29, 0.717) is 5.75 Å².